The maximum Gasteiger partial charge on any atom is 0.291 e. The Morgan fingerprint density at radius 2 is 2.00 bits per heavy atom. The normalized spacial score (nSPS) is 10.3. The van der Waals surface area contributed by atoms with Crippen LogP contribution in [0.5, 0.6) is 0 Å². The predicted octanol–water partition coefficient (Wildman–Crippen LogP) is 2.72. The molecule has 5 heteroatoms. The summed E-state index contributed by atoms with van der Waals surface area (Å²) in [6, 6.07) is 12.9. The molecule has 0 fully saturated rings. The van der Waals surface area contributed by atoms with E-state index in [1.54, 1.807) is 29.2 Å². The molecule has 1 amide bonds. The van der Waals surface area contributed by atoms with Crippen LogP contribution in [-0.4, -0.2) is 15.7 Å². The summed E-state index contributed by atoms with van der Waals surface area (Å²) in [6.45, 7) is 0. The summed E-state index contributed by atoms with van der Waals surface area (Å²) in [5.74, 6) is -0.0231. The highest BCUT2D eigenvalue weighted by atomic mass is 16.3. The Hall–Kier alpha value is -2.82. The number of rotatable bonds is 3. The Morgan fingerprint density at radius 3 is 2.74 bits per heavy atom. The van der Waals surface area contributed by atoms with Gasteiger partial charge in [-0.25, -0.2) is 4.68 Å². The van der Waals surface area contributed by atoms with E-state index in [1.807, 2.05) is 30.3 Å². The fraction of sp³-hybridized carbons (Fsp3) is 0. The van der Waals surface area contributed by atoms with Gasteiger partial charge < -0.3 is 9.73 Å². The molecule has 0 radical (unpaired) electrons. The number of hydrogen-bond donors (Lipinski definition) is 1. The number of nitrogens with zero attached hydrogens (tertiary/aromatic N) is 2. The Morgan fingerprint density at radius 1 is 1.16 bits per heavy atom. The van der Waals surface area contributed by atoms with Gasteiger partial charge in [0.25, 0.3) is 5.91 Å². The van der Waals surface area contributed by atoms with Gasteiger partial charge in [0.2, 0.25) is 0 Å². The van der Waals surface area contributed by atoms with Crippen molar-refractivity contribution in [2.45, 2.75) is 0 Å². The highest BCUT2D eigenvalue weighted by molar-refractivity contribution is 6.02. The summed E-state index contributed by atoms with van der Waals surface area (Å²) in [5, 5.41) is 6.91. The third kappa shape index (κ3) is 2.40. The van der Waals surface area contributed by atoms with E-state index in [-0.39, 0.29) is 11.7 Å². The largest absolute Gasteiger partial charge is 0.459 e. The molecule has 3 aromatic rings. The average Bonchev–Trinajstić information content (AvgIpc) is 3.11. The van der Waals surface area contributed by atoms with Crippen molar-refractivity contribution in [3.63, 3.8) is 0 Å². The number of nitrogens with one attached hydrogen (secondary N) is 1. The molecule has 0 spiro atoms. The van der Waals surface area contributed by atoms with Crippen molar-refractivity contribution >= 4 is 11.6 Å². The van der Waals surface area contributed by atoms with Gasteiger partial charge in [0.15, 0.2) is 5.76 Å². The molecule has 1 aromatic carbocycles. The zero-order valence-corrected chi connectivity index (χ0v) is 9.98. The van der Waals surface area contributed by atoms with Gasteiger partial charge in [-0.1, -0.05) is 18.2 Å². The third-order valence-corrected chi connectivity index (χ3v) is 2.61. The quantitative estimate of drug-likeness (QED) is 0.780. The molecule has 2 heterocycles. The van der Waals surface area contributed by atoms with E-state index in [1.165, 1.54) is 6.26 Å². The Balaban J connectivity index is 1.77. The third-order valence-electron chi connectivity index (χ3n) is 2.61. The van der Waals surface area contributed by atoms with Gasteiger partial charge in [-0.2, -0.15) is 5.10 Å². The van der Waals surface area contributed by atoms with Crippen molar-refractivity contribution in [2.75, 3.05) is 5.32 Å². The van der Waals surface area contributed by atoms with Gasteiger partial charge in [0.1, 0.15) is 0 Å². The first-order chi connectivity index (χ1) is 9.33. The second kappa shape index (κ2) is 4.81. The molecule has 0 atom stereocenters. The van der Waals surface area contributed by atoms with Crippen molar-refractivity contribution in [1.29, 1.82) is 0 Å². The summed E-state index contributed by atoms with van der Waals surface area (Å²) >= 11 is 0. The van der Waals surface area contributed by atoms with Crippen LogP contribution in [0.3, 0.4) is 0 Å². The Kier molecular flexibility index (Phi) is 2.86. The smallest absolute Gasteiger partial charge is 0.291 e. The van der Waals surface area contributed by atoms with Gasteiger partial charge in [-0.3, -0.25) is 4.79 Å². The Labute approximate surface area is 109 Å². The Bertz CT molecular complexity index is 672. The second-order valence-corrected chi connectivity index (χ2v) is 3.94. The number of carbonyl (C=O) groups excluding carboxylic acids is 1. The van der Waals surface area contributed by atoms with Crippen LogP contribution in [0, 0.1) is 0 Å². The molecular weight excluding hydrogens is 242 g/mol. The molecule has 19 heavy (non-hydrogen) atoms. The number of para-hydroxylation sites is 1. The van der Waals surface area contributed by atoms with Gasteiger partial charge in [0, 0.05) is 0 Å². The minimum Gasteiger partial charge on any atom is -0.459 e. The van der Waals surface area contributed by atoms with E-state index in [9.17, 15) is 4.79 Å². The van der Waals surface area contributed by atoms with Gasteiger partial charge in [-0.15, -0.1) is 0 Å². The number of benzene rings is 1. The zero-order valence-electron chi connectivity index (χ0n) is 9.98. The molecule has 0 unspecified atom stereocenters. The van der Waals surface area contributed by atoms with E-state index in [4.69, 9.17) is 4.42 Å². The molecule has 0 aliphatic carbocycles. The highest BCUT2D eigenvalue weighted by Gasteiger charge is 2.10. The van der Waals surface area contributed by atoms with Crippen LogP contribution in [0.15, 0.2) is 65.5 Å². The maximum atomic E-state index is 11.8. The van der Waals surface area contributed by atoms with Crippen molar-refractivity contribution in [3.05, 3.63) is 66.9 Å². The molecule has 0 aliphatic heterocycles. The molecule has 0 saturated heterocycles. The van der Waals surface area contributed by atoms with Crippen molar-refractivity contribution in [3.8, 4) is 5.69 Å². The van der Waals surface area contributed by atoms with E-state index in [2.05, 4.69) is 10.4 Å². The number of amides is 1. The minimum atomic E-state index is -0.294. The van der Waals surface area contributed by atoms with Crippen LogP contribution in [0.4, 0.5) is 5.69 Å². The zero-order chi connectivity index (χ0) is 13.1. The summed E-state index contributed by atoms with van der Waals surface area (Å²) in [6.07, 6.45) is 4.80. The fourth-order valence-corrected chi connectivity index (χ4v) is 1.71. The molecule has 0 saturated carbocycles. The summed E-state index contributed by atoms with van der Waals surface area (Å²) < 4.78 is 6.71. The van der Waals surface area contributed by atoms with Gasteiger partial charge in [-0.05, 0) is 24.3 Å². The van der Waals surface area contributed by atoms with Gasteiger partial charge >= 0.3 is 0 Å². The number of hydrogen-bond acceptors (Lipinski definition) is 3. The lowest BCUT2D eigenvalue weighted by atomic mass is 10.3. The van der Waals surface area contributed by atoms with Crippen molar-refractivity contribution in [1.82, 2.24) is 9.78 Å². The first kappa shape index (κ1) is 11.3. The highest BCUT2D eigenvalue weighted by Crippen LogP contribution is 2.12. The first-order valence-corrected chi connectivity index (χ1v) is 5.78. The lowest BCUT2D eigenvalue weighted by molar-refractivity contribution is 0.0996. The number of anilines is 1. The SMILES string of the molecule is O=C(Nc1cnn(-c2ccccc2)c1)c1ccco1. The average molecular weight is 253 g/mol. The van der Waals surface area contributed by atoms with Crippen LogP contribution in [0.25, 0.3) is 5.69 Å². The molecule has 0 bridgehead atoms. The predicted molar refractivity (Wildman–Crippen MR) is 70.2 cm³/mol. The topological polar surface area (TPSA) is 60.1 Å². The van der Waals surface area contributed by atoms with E-state index in [0.29, 0.717) is 5.69 Å². The fourth-order valence-electron chi connectivity index (χ4n) is 1.71. The minimum absolute atomic E-state index is 0.271. The van der Waals surface area contributed by atoms with Crippen molar-refractivity contribution in [2.24, 2.45) is 0 Å². The van der Waals surface area contributed by atoms with E-state index >= 15 is 0 Å². The maximum absolute atomic E-state index is 11.8. The number of carbonyl (C=O) groups is 1. The summed E-state index contributed by atoms with van der Waals surface area (Å²) in [4.78, 5) is 11.8. The molecule has 1 N–H and O–H groups in total. The molecular formula is C14H11N3O2. The van der Waals surface area contributed by atoms with Crippen LogP contribution < -0.4 is 5.32 Å². The molecule has 94 valence electrons. The second-order valence-electron chi connectivity index (χ2n) is 3.94. The molecule has 3 rings (SSSR count). The van der Waals surface area contributed by atoms with Crippen LogP contribution in [-0.2, 0) is 0 Å². The van der Waals surface area contributed by atoms with Crippen LogP contribution in [0.1, 0.15) is 10.6 Å². The molecule has 2 aromatic heterocycles. The first-order valence-electron chi connectivity index (χ1n) is 5.78. The van der Waals surface area contributed by atoms with Crippen molar-refractivity contribution < 1.29 is 9.21 Å². The number of aromatic nitrogens is 2. The summed E-state index contributed by atoms with van der Waals surface area (Å²) in [5.41, 5.74) is 1.55. The van der Waals surface area contributed by atoms with Gasteiger partial charge in [0.05, 0.1) is 30.0 Å². The lowest BCUT2D eigenvalue weighted by Gasteiger charge is -2.00. The standard InChI is InChI=1S/C14H11N3O2/c18-14(13-7-4-8-19-13)16-11-9-15-17(10-11)12-5-2-1-3-6-12/h1-10H,(H,16,18). The molecule has 0 aliphatic rings. The summed E-state index contributed by atoms with van der Waals surface area (Å²) in [7, 11) is 0. The van der Waals surface area contributed by atoms with Crippen LogP contribution in [0.2, 0.25) is 0 Å². The molecule has 5 nitrogen and oxygen atoms in total. The van der Waals surface area contributed by atoms with E-state index < -0.39 is 0 Å². The van der Waals surface area contributed by atoms with Crippen LogP contribution >= 0.6 is 0 Å². The van der Waals surface area contributed by atoms with E-state index in [0.717, 1.165) is 5.69 Å². The lowest BCUT2D eigenvalue weighted by Crippen LogP contribution is -2.10. The monoisotopic (exact) mass is 253 g/mol. The number of furan rings is 1.